The van der Waals surface area contributed by atoms with Gasteiger partial charge < -0.3 is 10.2 Å². The SMILES string of the molecule is CCCNCC1CCN(CCc2ccncc2)C1. The number of nitrogens with zero attached hydrogens (tertiary/aromatic N) is 2. The van der Waals surface area contributed by atoms with Crippen molar-refractivity contribution in [3.63, 3.8) is 0 Å². The molecular formula is C15H25N3. The molecule has 1 aliphatic heterocycles. The van der Waals surface area contributed by atoms with Crippen LogP contribution in [-0.2, 0) is 6.42 Å². The first-order valence-electron chi connectivity index (χ1n) is 7.20. The van der Waals surface area contributed by atoms with Gasteiger partial charge in [0.2, 0.25) is 0 Å². The first-order chi connectivity index (χ1) is 8.88. The summed E-state index contributed by atoms with van der Waals surface area (Å²) in [7, 11) is 0. The maximum Gasteiger partial charge on any atom is 0.0270 e. The van der Waals surface area contributed by atoms with Crippen LogP contribution in [0.1, 0.15) is 25.3 Å². The molecular weight excluding hydrogens is 222 g/mol. The van der Waals surface area contributed by atoms with Crippen LogP contribution in [0.2, 0.25) is 0 Å². The summed E-state index contributed by atoms with van der Waals surface area (Å²) in [5, 5.41) is 3.54. The lowest BCUT2D eigenvalue weighted by molar-refractivity contribution is 0.326. The number of hydrogen-bond acceptors (Lipinski definition) is 3. The van der Waals surface area contributed by atoms with Crippen LogP contribution in [0.25, 0.3) is 0 Å². The molecule has 1 atom stereocenters. The van der Waals surface area contributed by atoms with Gasteiger partial charge in [-0.1, -0.05) is 6.92 Å². The number of rotatable bonds is 7. The summed E-state index contributed by atoms with van der Waals surface area (Å²) in [5.74, 6) is 0.856. The van der Waals surface area contributed by atoms with Crippen LogP contribution >= 0.6 is 0 Å². The van der Waals surface area contributed by atoms with E-state index < -0.39 is 0 Å². The Morgan fingerprint density at radius 1 is 1.39 bits per heavy atom. The molecule has 1 aliphatic rings. The quantitative estimate of drug-likeness (QED) is 0.746. The highest BCUT2D eigenvalue weighted by atomic mass is 15.1. The van der Waals surface area contributed by atoms with Crippen molar-refractivity contribution < 1.29 is 0 Å². The third-order valence-corrected chi connectivity index (χ3v) is 3.70. The van der Waals surface area contributed by atoms with Gasteiger partial charge in [-0.25, -0.2) is 0 Å². The third-order valence-electron chi connectivity index (χ3n) is 3.70. The lowest BCUT2D eigenvalue weighted by Gasteiger charge is -2.16. The minimum atomic E-state index is 0.856. The zero-order valence-electron chi connectivity index (χ0n) is 11.4. The second kappa shape index (κ2) is 7.49. The predicted molar refractivity (Wildman–Crippen MR) is 75.6 cm³/mol. The molecule has 18 heavy (non-hydrogen) atoms. The zero-order chi connectivity index (χ0) is 12.6. The second-order valence-electron chi connectivity index (χ2n) is 5.26. The summed E-state index contributed by atoms with van der Waals surface area (Å²) >= 11 is 0. The van der Waals surface area contributed by atoms with E-state index in [0.717, 1.165) is 18.9 Å². The van der Waals surface area contributed by atoms with Gasteiger partial charge in [0.1, 0.15) is 0 Å². The zero-order valence-corrected chi connectivity index (χ0v) is 11.4. The minimum absolute atomic E-state index is 0.856. The van der Waals surface area contributed by atoms with Crippen LogP contribution in [0.5, 0.6) is 0 Å². The van der Waals surface area contributed by atoms with Crippen molar-refractivity contribution in [1.29, 1.82) is 0 Å². The van der Waals surface area contributed by atoms with Gasteiger partial charge in [0.05, 0.1) is 0 Å². The van der Waals surface area contributed by atoms with E-state index in [1.807, 2.05) is 12.4 Å². The second-order valence-corrected chi connectivity index (χ2v) is 5.26. The van der Waals surface area contributed by atoms with Crippen molar-refractivity contribution in [1.82, 2.24) is 15.2 Å². The normalized spacial score (nSPS) is 20.4. The van der Waals surface area contributed by atoms with Crippen molar-refractivity contribution in [3.05, 3.63) is 30.1 Å². The van der Waals surface area contributed by atoms with Crippen LogP contribution in [-0.4, -0.2) is 42.6 Å². The Balaban J connectivity index is 1.64. The molecule has 100 valence electrons. The molecule has 0 spiro atoms. The molecule has 1 fully saturated rings. The Kier molecular flexibility index (Phi) is 5.62. The van der Waals surface area contributed by atoms with E-state index in [1.165, 1.54) is 44.6 Å². The predicted octanol–water partition coefficient (Wildman–Crippen LogP) is 1.95. The van der Waals surface area contributed by atoms with Gasteiger partial charge in [-0.05, 0) is 62.5 Å². The standard InChI is InChI=1S/C15H25N3/c1-2-7-17-12-15-6-11-18(13-15)10-5-14-3-8-16-9-4-14/h3-4,8-9,15,17H,2,5-7,10-13H2,1H3. The molecule has 0 saturated carbocycles. The fourth-order valence-electron chi connectivity index (χ4n) is 2.60. The molecule has 1 unspecified atom stereocenters. The smallest absolute Gasteiger partial charge is 0.0270 e. The summed E-state index contributed by atoms with van der Waals surface area (Å²) < 4.78 is 0. The Morgan fingerprint density at radius 3 is 3.00 bits per heavy atom. The molecule has 1 saturated heterocycles. The van der Waals surface area contributed by atoms with Gasteiger partial charge in [0, 0.05) is 25.5 Å². The van der Waals surface area contributed by atoms with E-state index in [0.29, 0.717) is 0 Å². The number of hydrogen-bond donors (Lipinski definition) is 1. The fraction of sp³-hybridized carbons (Fsp3) is 0.667. The molecule has 2 rings (SSSR count). The van der Waals surface area contributed by atoms with Gasteiger partial charge >= 0.3 is 0 Å². The van der Waals surface area contributed by atoms with E-state index in [9.17, 15) is 0 Å². The fourth-order valence-corrected chi connectivity index (χ4v) is 2.60. The Bertz CT molecular complexity index is 326. The van der Waals surface area contributed by atoms with Crippen molar-refractivity contribution in [2.45, 2.75) is 26.2 Å². The number of nitrogens with one attached hydrogen (secondary N) is 1. The summed E-state index contributed by atoms with van der Waals surface area (Å²) in [6.45, 7) is 8.30. The molecule has 3 heteroatoms. The molecule has 2 heterocycles. The topological polar surface area (TPSA) is 28.2 Å². The van der Waals surface area contributed by atoms with Gasteiger partial charge in [0.15, 0.2) is 0 Å². The Morgan fingerprint density at radius 2 is 2.22 bits per heavy atom. The molecule has 0 bridgehead atoms. The number of pyridine rings is 1. The van der Waals surface area contributed by atoms with E-state index in [-0.39, 0.29) is 0 Å². The van der Waals surface area contributed by atoms with Crippen LogP contribution < -0.4 is 5.32 Å². The molecule has 1 N–H and O–H groups in total. The van der Waals surface area contributed by atoms with E-state index in [2.05, 4.69) is 34.3 Å². The average Bonchev–Trinajstić information content (AvgIpc) is 2.86. The summed E-state index contributed by atoms with van der Waals surface area (Å²) in [6.07, 6.45) is 7.51. The average molecular weight is 247 g/mol. The molecule has 0 amide bonds. The third kappa shape index (κ3) is 4.39. The van der Waals surface area contributed by atoms with Gasteiger partial charge in [-0.2, -0.15) is 0 Å². The van der Waals surface area contributed by atoms with Crippen LogP contribution in [0.15, 0.2) is 24.5 Å². The molecule has 0 aliphatic carbocycles. The molecule has 0 aromatic carbocycles. The molecule has 1 aromatic heterocycles. The summed E-state index contributed by atoms with van der Waals surface area (Å²) in [4.78, 5) is 6.65. The number of likely N-dealkylation sites (tertiary alicyclic amines) is 1. The number of aromatic nitrogens is 1. The van der Waals surface area contributed by atoms with Crippen molar-refractivity contribution >= 4 is 0 Å². The van der Waals surface area contributed by atoms with E-state index in [1.54, 1.807) is 0 Å². The lowest BCUT2D eigenvalue weighted by atomic mass is 10.1. The molecule has 1 aromatic rings. The van der Waals surface area contributed by atoms with Crippen molar-refractivity contribution in [2.75, 3.05) is 32.7 Å². The summed E-state index contributed by atoms with van der Waals surface area (Å²) in [5.41, 5.74) is 1.40. The highest BCUT2D eigenvalue weighted by molar-refractivity contribution is 5.10. The van der Waals surface area contributed by atoms with Gasteiger partial charge in [-0.3, -0.25) is 4.98 Å². The van der Waals surface area contributed by atoms with Crippen LogP contribution in [0.3, 0.4) is 0 Å². The highest BCUT2D eigenvalue weighted by Gasteiger charge is 2.21. The van der Waals surface area contributed by atoms with Gasteiger partial charge in [-0.15, -0.1) is 0 Å². The maximum atomic E-state index is 4.06. The lowest BCUT2D eigenvalue weighted by Crippen LogP contribution is -2.28. The van der Waals surface area contributed by atoms with Crippen molar-refractivity contribution in [3.8, 4) is 0 Å². The van der Waals surface area contributed by atoms with E-state index >= 15 is 0 Å². The summed E-state index contributed by atoms with van der Waals surface area (Å²) in [6, 6.07) is 4.24. The van der Waals surface area contributed by atoms with Crippen LogP contribution in [0, 0.1) is 5.92 Å². The molecule has 3 nitrogen and oxygen atoms in total. The van der Waals surface area contributed by atoms with Crippen LogP contribution in [0.4, 0.5) is 0 Å². The maximum absolute atomic E-state index is 4.06. The first kappa shape index (κ1) is 13.5. The highest BCUT2D eigenvalue weighted by Crippen LogP contribution is 2.15. The Hall–Kier alpha value is -0.930. The largest absolute Gasteiger partial charge is 0.316 e. The Labute approximate surface area is 111 Å². The first-order valence-corrected chi connectivity index (χ1v) is 7.20. The van der Waals surface area contributed by atoms with Gasteiger partial charge in [0.25, 0.3) is 0 Å². The monoisotopic (exact) mass is 247 g/mol. The molecule has 0 radical (unpaired) electrons. The van der Waals surface area contributed by atoms with Crippen molar-refractivity contribution in [2.24, 2.45) is 5.92 Å². The minimum Gasteiger partial charge on any atom is -0.316 e. The van der Waals surface area contributed by atoms with E-state index in [4.69, 9.17) is 0 Å².